The Morgan fingerprint density at radius 1 is 1.04 bits per heavy atom. The van der Waals surface area contributed by atoms with Gasteiger partial charge in [-0.25, -0.2) is 9.78 Å². The van der Waals surface area contributed by atoms with Crippen molar-refractivity contribution in [3.8, 4) is 0 Å². The largest absolute Gasteiger partial charge is 0.476 e. The number of carboxylic acid groups (broad SMARTS) is 1. The molecule has 1 aromatic carbocycles. The molecule has 116 valence electrons. The lowest BCUT2D eigenvalue weighted by molar-refractivity contribution is 0.0692. The Bertz CT molecular complexity index is 921. The van der Waals surface area contributed by atoms with E-state index in [1.807, 2.05) is 51.1 Å². The third-order valence-corrected chi connectivity index (χ3v) is 3.70. The number of carbonyl (C=O) groups is 1. The molecule has 3 aromatic rings. The van der Waals surface area contributed by atoms with Crippen LogP contribution >= 0.6 is 0 Å². The maximum Gasteiger partial charge on any atom is 0.358 e. The van der Waals surface area contributed by atoms with Crippen LogP contribution in [-0.2, 0) is 0 Å². The minimum Gasteiger partial charge on any atom is -0.476 e. The fourth-order valence-electron chi connectivity index (χ4n) is 2.53. The number of fused-ring (bicyclic) bond motifs is 1. The van der Waals surface area contributed by atoms with E-state index >= 15 is 0 Å². The van der Waals surface area contributed by atoms with Crippen LogP contribution in [0.25, 0.3) is 5.65 Å². The van der Waals surface area contributed by atoms with Crippen LogP contribution in [0.1, 0.15) is 27.3 Å². The summed E-state index contributed by atoms with van der Waals surface area (Å²) in [5.41, 5.74) is 3.99. The van der Waals surface area contributed by atoms with Crippen molar-refractivity contribution in [1.82, 2.24) is 9.38 Å². The van der Waals surface area contributed by atoms with Gasteiger partial charge in [0.2, 0.25) is 0 Å². The maximum atomic E-state index is 11.5. The lowest BCUT2D eigenvalue weighted by Crippen LogP contribution is -1.97. The molecular weight excluding hydrogens is 292 g/mol. The van der Waals surface area contributed by atoms with E-state index in [-0.39, 0.29) is 11.5 Å². The summed E-state index contributed by atoms with van der Waals surface area (Å²) < 4.78 is 1.69. The third kappa shape index (κ3) is 2.59. The monoisotopic (exact) mass is 308 g/mol. The molecule has 6 heteroatoms. The Balaban J connectivity index is 2.21. The molecule has 3 rings (SSSR count). The molecule has 0 aliphatic heterocycles. The average Bonchev–Trinajstić information content (AvgIpc) is 2.87. The topological polar surface area (TPSA) is 79.3 Å². The van der Waals surface area contributed by atoms with Crippen LogP contribution in [0.3, 0.4) is 0 Å². The second kappa shape index (κ2) is 5.64. The number of hydrogen-bond acceptors (Lipinski definition) is 4. The smallest absolute Gasteiger partial charge is 0.358 e. The number of nitrogens with zero attached hydrogens (tertiary/aromatic N) is 4. The molecular formula is C17H16N4O2. The van der Waals surface area contributed by atoms with Gasteiger partial charge in [-0.05, 0) is 44.0 Å². The summed E-state index contributed by atoms with van der Waals surface area (Å²) in [5.74, 6) is -0.892. The first-order valence-corrected chi connectivity index (χ1v) is 7.18. The molecule has 0 bridgehead atoms. The highest BCUT2D eigenvalue weighted by Gasteiger charge is 2.19. The van der Waals surface area contributed by atoms with E-state index in [4.69, 9.17) is 0 Å². The summed E-state index contributed by atoms with van der Waals surface area (Å²) in [6.45, 7) is 5.76. The first kappa shape index (κ1) is 14.9. The van der Waals surface area contributed by atoms with Gasteiger partial charge in [0.1, 0.15) is 5.65 Å². The SMILES string of the molecule is Cc1cccc(C)c1N=Nc1c(C(=O)O)nc2cccc(C)n12. The lowest BCUT2D eigenvalue weighted by atomic mass is 10.1. The van der Waals surface area contributed by atoms with Gasteiger partial charge >= 0.3 is 5.97 Å². The first-order valence-electron chi connectivity index (χ1n) is 7.18. The number of rotatable bonds is 3. The third-order valence-electron chi connectivity index (χ3n) is 3.70. The number of imidazole rings is 1. The van der Waals surface area contributed by atoms with E-state index in [0.29, 0.717) is 5.65 Å². The van der Waals surface area contributed by atoms with Crippen LogP contribution in [0.5, 0.6) is 0 Å². The van der Waals surface area contributed by atoms with E-state index in [1.54, 1.807) is 10.5 Å². The fourth-order valence-corrected chi connectivity index (χ4v) is 2.53. The molecule has 0 atom stereocenters. The Labute approximate surface area is 133 Å². The summed E-state index contributed by atoms with van der Waals surface area (Å²) in [4.78, 5) is 15.6. The summed E-state index contributed by atoms with van der Waals surface area (Å²) in [6, 6.07) is 11.3. The van der Waals surface area contributed by atoms with Crippen molar-refractivity contribution in [3.05, 3.63) is 58.9 Å². The van der Waals surface area contributed by atoms with Crippen LogP contribution < -0.4 is 0 Å². The number of carboxylic acids is 1. The molecule has 0 saturated heterocycles. The van der Waals surface area contributed by atoms with Gasteiger partial charge in [-0.15, -0.1) is 10.2 Å². The van der Waals surface area contributed by atoms with Crippen LogP contribution in [-0.4, -0.2) is 20.5 Å². The molecule has 2 heterocycles. The van der Waals surface area contributed by atoms with E-state index in [9.17, 15) is 9.90 Å². The Morgan fingerprint density at radius 3 is 2.35 bits per heavy atom. The molecule has 0 aliphatic carbocycles. The zero-order valence-electron chi connectivity index (χ0n) is 13.1. The van der Waals surface area contributed by atoms with Crippen molar-refractivity contribution in [3.63, 3.8) is 0 Å². The Kier molecular flexibility index (Phi) is 3.65. The van der Waals surface area contributed by atoms with E-state index in [1.165, 1.54) is 0 Å². The minimum absolute atomic E-state index is 0.103. The number of aromatic nitrogens is 2. The highest BCUT2D eigenvalue weighted by molar-refractivity contribution is 5.91. The molecule has 2 aromatic heterocycles. The summed E-state index contributed by atoms with van der Waals surface area (Å²) in [7, 11) is 0. The highest BCUT2D eigenvalue weighted by atomic mass is 16.4. The molecule has 1 N–H and O–H groups in total. The summed E-state index contributed by atoms with van der Waals surface area (Å²) in [5, 5.41) is 17.9. The van der Waals surface area contributed by atoms with Crippen molar-refractivity contribution in [2.24, 2.45) is 10.2 Å². The second-order valence-corrected chi connectivity index (χ2v) is 5.39. The Morgan fingerprint density at radius 2 is 1.70 bits per heavy atom. The predicted octanol–water partition coefficient (Wildman–Crippen LogP) is 4.37. The van der Waals surface area contributed by atoms with Crippen LogP contribution in [0.2, 0.25) is 0 Å². The lowest BCUT2D eigenvalue weighted by Gasteiger charge is -2.03. The quantitative estimate of drug-likeness (QED) is 0.729. The summed E-state index contributed by atoms with van der Waals surface area (Å²) in [6.07, 6.45) is 0. The van der Waals surface area contributed by atoms with Gasteiger partial charge in [0.05, 0.1) is 5.69 Å². The van der Waals surface area contributed by atoms with Gasteiger partial charge < -0.3 is 5.11 Å². The number of pyridine rings is 1. The van der Waals surface area contributed by atoms with Gasteiger partial charge in [-0.2, -0.15) is 0 Å². The van der Waals surface area contributed by atoms with Gasteiger partial charge in [0.15, 0.2) is 11.5 Å². The molecule has 0 amide bonds. The van der Waals surface area contributed by atoms with Crippen molar-refractivity contribution >= 4 is 23.1 Å². The highest BCUT2D eigenvalue weighted by Crippen LogP contribution is 2.28. The normalized spacial score (nSPS) is 11.4. The second-order valence-electron chi connectivity index (χ2n) is 5.39. The molecule has 0 saturated carbocycles. The Hall–Kier alpha value is -3.02. The van der Waals surface area contributed by atoms with Crippen molar-refractivity contribution in [2.75, 3.05) is 0 Å². The van der Waals surface area contributed by atoms with Crippen molar-refractivity contribution in [2.45, 2.75) is 20.8 Å². The van der Waals surface area contributed by atoms with Gasteiger partial charge in [0, 0.05) is 5.69 Å². The van der Waals surface area contributed by atoms with E-state index in [2.05, 4.69) is 15.2 Å². The van der Waals surface area contributed by atoms with Crippen LogP contribution in [0.4, 0.5) is 11.5 Å². The van der Waals surface area contributed by atoms with E-state index in [0.717, 1.165) is 22.5 Å². The number of hydrogen-bond donors (Lipinski definition) is 1. The summed E-state index contributed by atoms with van der Waals surface area (Å²) >= 11 is 0. The van der Waals surface area contributed by atoms with Gasteiger partial charge in [-0.3, -0.25) is 4.40 Å². The number of benzene rings is 1. The van der Waals surface area contributed by atoms with Gasteiger partial charge in [-0.1, -0.05) is 24.3 Å². The number of aromatic carboxylic acids is 1. The molecule has 0 radical (unpaired) electrons. The van der Waals surface area contributed by atoms with Crippen molar-refractivity contribution in [1.29, 1.82) is 0 Å². The fraction of sp³-hybridized carbons (Fsp3) is 0.176. The molecule has 6 nitrogen and oxygen atoms in total. The predicted molar refractivity (Wildman–Crippen MR) is 87.0 cm³/mol. The minimum atomic E-state index is -1.12. The number of azo groups is 1. The number of aryl methyl sites for hydroxylation is 3. The zero-order valence-corrected chi connectivity index (χ0v) is 13.1. The van der Waals surface area contributed by atoms with Crippen LogP contribution in [0.15, 0.2) is 46.6 Å². The molecule has 0 spiro atoms. The maximum absolute atomic E-state index is 11.5. The molecule has 0 unspecified atom stereocenters. The van der Waals surface area contributed by atoms with Crippen molar-refractivity contribution < 1.29 is 9.90 Å². The molecule has 0 fully saturated rings. The first-order chi connectivity index (χ1) is 11.0. The average molecular weight is 308 g/mol. The standard InChI is InChI=1S/C17H16N4O2/c1-10-6-4-7-11(2)14(10)19-20-16-15(17(22)23)18-13-9-5-8-12(3)21(13)16/h4-9H,1-3H3,(H,22,23). The van der Waals surface area contributed by atoms with Gasteiger partial charge in [0.25, 0.3) is 0 Å². The zero-order chi connectivity index (χ0) is 16.6. The van der Waals surface area contributed by atoms with E-state index < -0.39 is 5.97 Å². The van der Waals surface area contributed by atoms with Crippen LogP contribution in [0, 0.1) is 20.8 Å². The molecule has 0 aliphatic rings. The molecule has 23 heavy (non-hydrogen) atoms.